The van der Waals surface area contributed by atoms with Crippen LogP contribution in [0.2, 0.25) is 0 Å². The summed E-state index contributed by atoms with van der Waals surface area (Å²) in [4.78, 5) is 39.4. The third-order valence-electron chi connectivity index (χ3n) is 4.29. The van der Waals surface area contributed by atoms with Crippen LogP contribution in [-0.2, 0) is 17.8 Å². The van der Waals surface area contributed by atoms with Crippen LogP contribution in [-0.4, -0.2) is 32.4 Å². The van der Waals surface area contributed by atoms with Crippen LogP contribution in [0.1, 0.15) is 42.3 Å². The number of nitrogens with zero attached hydrogens (tertiary/aromatic N) is 3. The maximum atomic E-state index is 12.3. The van der Waals surface area contributed by atoms with Crippen molar-refractivity contribution in [2.24, 2.45) is 0 Å². The van der Waals surface area contributed by atoms with E-state index in [4.69, 9.17) is 4.74 Å². The Hall–Kier alpha value is -3.41. The molecule has 0 bridgehead atoms. The fraction of sp³-hybridized carbons (Fsp3) is 0.261. The molecule has 0 aliphatic carbocycles. The van der Waals surface area contributed by atoms with Gasteiger partial charge < -0.3 is 20.0 Å². The van der Waals surface area contributed by atoms with Gasteiger partial charge in [0.25, 0.3) is 5.56 Å². The number of aromatic carboxylic acids is 1. The molecule has 0 radical (unpaired) electrons. The first kappa shape index (κ1) is 25.8. The van der Waals surface area contributed by atoms with Crippen LogP contribution in [0.5, 0.6) is 0 Å². The van der Waals surface area contributed by atoms with Gasteiger partial charge >= 0.3 is 25.0 Å². The summed E-state index contributed by atoms with van der Waals surface area (Å²) in [5.74, 6) is -1.29. The fourth-order valence-electron chi connectivity index (χ4n) is 2.90. The van der Waals surface area contributed by atoms with E-state index in [9.17, 15) is 19.5 Å². The number of ether oxygens (including phenoxy) is 1. The molecule has 0 unspecified atom stereocenters. The summed E-state index contributed by atoms with van der Waals surface area (Å²) in [6.45, 7) is 5.66. The van der Waals surface area contributed by atoms with E-state index in [0.717, 1.165) is 5.56 Å². The topological polar surface area (TPSA) is 126 Å². The van der Waals surface area contributed by atoms with Gasteiger partial charge in [-0.15, -0.1) is 0 Å². The van der Waals surface area contributed by atoms with Crippen LogP contribution < -0.4 is 34.8 Å². The standard InChI is InChI=1S/C23H24N4O5.Li/c1-23(2,3)32-22(31)25-12-16-10-18(13-24-11-16)19-7-8-20(28)27(26-19)14-15-5-4-6-17(9-15)21(29)30;/h4-11,13H,12,14H2,1-3H3,(H,25,31)(H,29,30);/q;+1/p-1. The SMILES string of the molecule is CC(C)(C)OC(=O)NCc1cncc(-c2ccc(=O)n(Cc3cccc(C(=O)[O-])c3)n2)c1.[Li+]. The van der Waals surface area contributed by atoms with Crippen molar-refractivity contribution in [3.63, 3.8) is 0 Å². The summed E-state index contributed by atoms with van der Waals surface area (Å²) in [6, 6.07) is 10.9. The zero-order valence-corrected chi connectivity index (χ0v) is 19.0. The number of hydrogen-bond donors (Lipinski definition) is 1. The van der Waals surface area contributed by atoms with Gasteiger partial charge in [-0.05, 0) is 55.7 Å². The molecule has 0 spiro atoms. The number of benzene rings is 1. The molecule has 2 aromatic heterocycles. The first-order valence-corrected chi connectivity index (χ1v) is 9.90. The Bertz CT molecular complexity index is 1200. The van der Waals surface area contributed by atoms with Gasteiger partial charge in [-0.1, -0.05) is 18.2 Å². The number of nitrogens with one attached hydrogen (secondary N) is 1. The molecule has 0 saturated carbocycles. The summed E-state index contributed by atoms with van der Waals surface area (Å²) < 4.78 is 6.47. The summed E-state index contributed by atoms with van der Waals surface area (Å²) in [5.41, 5.74) is 1.60. The molecule has 0 aliphatic heterocycles. The molecule has 166 valence electrons. The minimum absolute atomic E-state index is 0. The molecule has 10 heteroatoms. The third kappa shape index (κ3) is 7.59. The number of amides is 1. The van der Waals surface area contributed by atoms with Crippen LogP contribution in [0.4, 0.5) is 4.79 Å². The van der Waals surface area contributed by atoms with E-state index in [1.54, 1.807) is 57.4 Å². The monoisotopic (exact) mass is 442 g/mol. The molecule has 33 heavy (non-hydrogen) atoms. The number of pyridine rings is 1. The minimum Gasteiger partial charge on any atom is -0.545 e. The van der Waals surface area contributed by atoms with Gasteiger partial charge in [0.15, 0.2) is 0 Å². The Balaban J connectivity index is 0.00000385. The zero-order chi connectivity index (χ0) is 23.3. The number of aromatic nitrogens is 3. The Morgan fingerprint density at radius 1 is 1.09 bits per heavy atom. The van der Waals surface area contributed by atoms with Gasteiger partial charge in [0.2, 0.25) is 0 Å². The van der Waals surface area contributed by atoms with Crippen molar-refractivity contribution in [3.8, 4) is 11.3 Å². The van der Waals surface area contributed by atoms with Gasteiger partial charge in [0.05, 0.1) is 18.2 Å². The van der Waals surface area contributed by atoms with E-state index in [2.05, 4.69) is 15.4 Å². The molecule has 0 aliphatic rings. The molecule has 0 atom stereocenters. The Morgan fingerprint density at radius 2 is 1.85 bits per heavy atom. The van der Waals surface area contributed by atoms with Gasteiger partial charge in [-0.25, -0.2) is 9.48 Å². The smallest absolute Gasteiger partial charge is 0.545 e. The number of alkyl carbamates (subject to hydrolysis) is 1. The quantitative estimate of drug-likeness (QED) is 0.473. The number of carboxylic acid groups (broad SMARTS) is 1. The van der Waals surface area contributed by atoms with Crippen LogP contribution in [0.3, 0.4) is 0 Å². The second-order valence-corrected chi connectivity index (χ2v) is 8.14. The molecule has 1 aromatic carbocycles. The van der Waals surface area contributed by atoms with E-state index < -0.39 is 17.7 Å². The van der Waals surface area contributed by atoms with Crippen LogP contribution in [0.25, 0.3) is 11.3 Å². The third-order valence-corrected chi connectivity index (χ3v) is 4.29. The van der Waals surface area contributed by atoms with Gasteiger partial charge in [0, 0.05) is 30.6 Å². The molecule has 3 rings (SSSR count). The van der Waals surface area contributed by atoms with E-state index in [-0.39, 0.29) is 43.1 Å². The molecule has 1 N–H and O–H groups in total. The van der Waals surface area contributed by atoms with Crippen LogP contribution in [0.15, 0.2) is 59.7 Å². The van der Waals surface area contributed by atoms with E-state index in [1.165, 1.54) is 22.9 Å². The second-order valence-electron chi connectivity index (χ2n) is 8.14. The summed E-state index contributed by atoms with van der Waals surface area (Å²) in [6.07, 6.45) is 2.68. The minimum atomic E-state index is -1.29. The van der Waals surface area contributed by atoms with Gasteiger partial charge in [-0.2, -0.15) is 5.10 Å². The van der Waals surface area contributed by atoms with E-state index in [0.29, 0.717) is 16.8 Å². The number of rotatable bonds is 6. The maximum absolute atomic E-state index is 12.3. The molecule has 2 heterocycles. The number of carboxylic acids is 1. The summed E-state index contributed by atoms with van der Waals surface area (Å²) in [5, 5.41) is 18.1. The first-order valence-electron chi connectivity index (χ1n) is 9.90. The van der Waals surface area contributed by atoms with Crippen molar-refractivity contribution in [1.29, 1.82) is 0 Å². The maximum Gasteiger partial charge on any atom is 1.00 e. The average molecular weight is 442 g/mol. The van der Waals surface area contributed by atoms with Crippen molar-refractivity contribution in [3.05, 3.63) is 81.9 Å². The number of carbonyl (C=O) groups excluding carboxylic acids is 2. The largest absolute Gasteiger partial charge is 1.00 e. The molecule has 0 fully saturated rings. The summed E-state index contributed by atoms with van der Waals surface area (Å²) in [7, 11) is 0. The average Bonchev–Trinajstić information content (AvgIpc) is 2.73. The fourth-order valence-corrected chi connectivity index (χ4v) is 2.90. The van der Waals surface area contributed by atoms with E-state index >= 15 is 0 Å². The normalized spacial score (nSPS) is 10.8. The first-order chi connectivity index (χ1) is 15.1. The van der Waals surface area contributed by atoms with Gasteiger partial charge in [0.1, 0.15) is 5.60 Å². The molecular formula is C23H23LiN4O5. The zero-order valence-electron chi connectivity index (χ0n) is 19.0. The predicted octanol–water partition coefficient (Wildman–Crippen LogP) is -1.25. The van der Waals surface area contributed by atoms with Crippen molar-refractivity contribution in [2.75, 3.05) is 0 Å². The molecule has 1 amide bonds. The Morgan fingerprint density at radius 3 is 2.55 bits per heavy atom. The van der Waals surface area contributed by atoms with Crippen LogP contribution in [0, 0.1) is 0 Å². The Kier molecular flexibility index (Phi) is 8.57. The van der Waals surface area contributed by atoms with Gasteiger partial charge in [-0.3, -0.25) is 9.78 Å². The summed E-state index contributed by atoms with van der Waals surface area (Å²) >= 11 is 0. The van der Waals surface area contributed by atoms with Crippen molar-refractivity contribution in [2.45, 2.75) is 39.5 Å². The van der Waals surface area contributed by atoms with E-state index in [1.807, 2.05) is 0 Å². The molecule has 9 nitrogen and oxygen atoms in total. The molecule has 3 aromatic rings. The van der Waals surface area contributed by atoms with Crippen molar-refractivity contribution < 1.29 is 38.3 Å². The molecule has 0 saturated heterocycles. The Labute approximate surface area is 203 Å². The number of hydrogen-bond acceptors (Lipinski definition) is 7. The molecular weight excluding hydrogens is 419 g/mol. The number of carbonyl (C=O) groups is 2. The van der Waals surface area contributed by atoms with Crippen molar-refractivity contribution in [1.82, 2.24) is 20.1 Å². The van der Waals surface area contributed by atoms with Crippen molar-refractivity contribution >= 4 is 12.1 Å². The van der Waals surface area contributed by atoms with Crippen LogP contribution >= 0.6 is 0 Å². The second kappa shape index (κ2) is 10.9. The predicted molar refractivity (Wildman–Crippen MR) is 115 cm³/mol.